The zero-order valence-corrected chi connectivity index (χ0v) is 34.5. The van der Waals surface area contributed by atoms with Crippen molar-refractivity contribution < 1.29 is 70.1 Å². The second kappa shape index (κ2) is 19.5. The molecule has 2 aromatic carbocycles. The molecule has 9 atom stereocenters. The first kappa shape index (κ1) is 47.2. The van der Waals surface area contributed by atoms with Crippen LogP contribution in [0.2, 0.25) is 0 Å². The van der Waals surface area contributed by atoms with Crippen LogP contribution >= 0.6 is 0 Å². The van der Waals surface area contributed by atoms with Gasteiger partial charge in [0, 0.05) is 32.6 Å². The number of carbonyl (C=O) groups excluding carboxylic acids is 7. The van der Waals surface area contributed by atoms with E-state index in [9.17, 15) is 60.6 Å². The number of cyclic esters (lactones) is 1. The highest BCUT2D eigenvalue weighted by molar-refractivity contribution is 5.98. The molecule has 0 saturated carbocycles. The summed E-state index contributed by atoms with van der Waals surface area (Å²) >= 11 is 0. The van der Waals surface area contributed by atoms with Crippen LogP contribution in [0, 0.1) is 17.6 Å². The Hall–Kier alpha value is -5.86. The molecule has 2 unspecified atom stereocenters. The molecule has 0 aromatic heterocycles. The zero-order valence-electron chi connectivity index (χ0n) is 34.5. The van der Waals surface area contributed by atoms with Crippen molar-refractivity contribution in [3.8, 4) is 5.75 Å². The van der Waals surface area contributed by atoms with Crippen molar-refractivity contribution in [2.45, 2.75) is 115 Å². The Morgan fingerprint density at radius 3 is 2.19 bits per heavy atom. The maximum absolute atomic E-state index is 14.6. The topological polar surface area (TPSA) is 204 Å². The number of hydrogen-bond acceptors (Lipinski definition) is 10. The second-order valence-corrected chi connectivity index (χ2v) is 16.0. The lowest BCUT2D eigenvalue weighted by molar-refractivity contribution is -0.274. The number of nitrogens with zero attached hydrogens (tertiary/aromatic N) is 3. The summed E-state index contributed by atoms with van der Waals surface area (Å²) in [6, 6.07) is -1.92. The van der Waals surface area contributed by atoms with E-state index in [1.54, 1.807) is 6.92 Å². The zero-order chi connectivity index (χ0) is 45.8. The number of ether oxygens (including phenoxy) is 2. The first-order valence-corrected chi connectivity index (χ1v) is 20.0. The van der Waals surface area contributed by atoms with Crippen LogP contribution in [0.15, 0.2) is 42.5 Å². The number of nitrogens with one attached hydrogen (secondary N) is 3. The standard InChI is InChI=1S/C41H49F5N6O10/c1-20-13-31-40(60)61-23(4)33(39(59)51-12-6-7-30(51)38(58)50(5)34(22(3)53)36(56)47-21(2)37(57)52(31)19-20)49-35(55)29(16-25-14-26(42)18-27(43)15-25)48-32(54)17-24-8-10-28(11-9-24)62-41(44,45)46/h8-11,14-15,18,20-23,29-31,33-34,53H,6-7,12-13,16-17,19H2,1-5H3,(H,47,56)(H,48,54)(H,49,55)/t20-,21-,22-,23-,29-,30?,31?,33-,34-/m0/s1. The highest BCUT2D eigenvalue weighted by Gasteiger charge is 2.47. The lowest BCUT2D eigenvalue weighted by Crippen LogP contribution is -2.63. The lowest BCUT2D eigenvalue weighted by atomic mass is 10.0. The van der Waals surface area contributed by atoms with Gasteiger partial charge in [-0.2, -0.15) is 0 Å². The summed E-state index contributed by atoms with van der Waals surface area (Å²) in [7, 11) is 1.25. The Morgan fingerprint density at radius 2 is 1.58 bits per heavy atom. The molecule has 3 aliphatic heterocycles. The van der Waals surface area contributed by atoms with Gasteiger partial charge in [-0.3, -0.25) is 28.8 Å². The van der Waals surface area contributed by atoms with Gasteiger partial charge < -0.3 is 45.2 Å². The number of halogens is 5. The molecule has 21 heteroatoms. The number of hydrogen-bond donors (Lipinski definition) is 4. The largest absolute Gasteiger partial charge is 0.573 e. The number of aliphatic hydroxyl groups is 1. The van der Waals surface area contributed by atoms with Gasteiger partial charge in [0.05, 0.1) is 12.5 Å². The average molecular weight is 881 g/mol. The van der Waals surface area contributed by atoms with Crippen molar-refractivity contribution in [3.63, 3.8) is 0 Å². The summed E-state index contributed by atoms with van der Waals surface area (Å²) in [6.07, 6.45) is -8.44. The fraction of sp³-hybridized carbons (Fsp3) is 0.537. The molecule has 3 aliphatic rings. The van der Waals surface area contributed by atoms with Crippen LogP contribution in [0.1, 0.15) is 58.1 Å². The van der Waals surface area contributed by atoms with Crippen LogP contribution < -0.4 is 20.7 Å². The second-order valence-electron chi connectivity index (χ2n) is 16.0. The summed E-state index contributed by atoms with van der Waals surface area (Å²) in [5.41, 5.74) is 0.0917. The molecular weight excluding hydrogens is 831 g/mol. The van der Waals surface area contributed by atoms with E-state index in [4.69, 9.17) is 4.74 Å². The minimum absolute atomic E-state index is 0.0311. The molecule has 3 saturated heterocycles. The third-order valence-corrected chi connectivity index (χ3v) is 11.0. The van der Waals surface area contributed by atoms with E-state index in [2.05, 4.69) is 20.7 Å². The Labute approximate surface area is 353 Å². The van der Waals surface area contributed by atoms with Gasteiger partial charge in [0.15, 0.2) is 0 Å². The first-order valence-electron chi connectivity index (χ1n) is 20.0. The van der Waals surface area contributed by atoms with Crippen LogP contribution in [-0.2, 0) is 51.1 Å². The third kappa shape index (κ3) is 11.5. The van der Waals surface area contributed by atoms with Gasteiger partial charge in [-0.1, -0.05) is 19.1 Å². The molecule has 5 rings (SSSR count). The summed E-state index contributed by atoms with van der Waals surface area (Å²) < 4.78 is 76.4. The molecule has 3 fully saturated rings. The Kier molecular flexibility index (Phi) is 14.8. The molecule has 6 amide bonds. The van der Waals surface area contributed by atoms with Crippen molar-refractivity contribution >= 4 is 41.4 Å². The fourth-order valence-electron chi connectivity index (χ4n) is 8.06. The van der Waals surface area contributed by atoms with Crippen molar-refractivity contribution in [3.05, 3.63) is 65.2 Å². The maximum Gasteiger partial charge on any atom is 0.573 e. The SMILES string of the molecule is C[C@H]1CC2C(=O)O[C@@H](C)[C@H](NC(=O)[C@H](Cc3cc(F)cc(F)c3)NC(=O)Cc3ccc(OC(F)(F)F)cc3)C(=O)N3CCCC3C(=O)N(C)[C@@H]([C@H](C)O)C(=O)N[C@@H](C)C(=O)N2C1. The lowest BCUT2D eigenvalue weighted by Gasteiger charge is -2.37. The Morgan fingerprint density at radius 1 is 0.935 bits per heavy atom. The number of amides is 6. The monoisotopic (exact) mass is 880 g/mol. The molecule has 2 aromatic rings. The van der Waals surface area contributed by atoms with E-state index in [-0.39, 0.29) is 49.4 Å². The molecule has 0 radical (unpaired) electrons. The summed E-state index contributed by atoms with van der Waals surface area (Å²) in [6.45, 7) is 5.79. The predicted octanol–water partition coefficient (Wildman–Crippen LogP) is 1.50. The Bertz CT molecular complexity index is 2020. The molecule has 338 valence electrons. The number of alkyl halides is 3. The van der Waals surface area contributed by atoms with Gasteiger partial charge in [-0.15, -0.1) is 13.2 Å². The number of esters is 1. The van der Waals surface area contributed by atoms with E-state index in [1.165, 1.54) is 44.9 Å². The first-order chi connectivity index (χ1) is 29.0. The highest BCUT2D eigenvalue weighted by atomic mass is 19.4. The van der Waals surface area contributed by atoms with Crippen LogP contribution in [0.3, 0.4) is 0 Å². The number of fused-ring (bicyclic) bond motifs is 2. The van der Waals surface area contributed by atoms with E-state index < -0.39 is 126 Å². The number of likely N-dealkylation sites (N-methyl/N-ethyl adjacent to an activating group) is 1. The normalized spacial score (nSPS) is 26.3. The number of rotatable bonds is 9. The minimum atomic E-state index is -4.97. The van der Waals surface area contributed by atoms with Crippen LogP contribution in [0.5, 0.6) is 5.75 Å². The van der Waals surface area contributed by atoms with Crippen molar-refractivity contribution in [1.29, 1.82) is 0 Å². The Balaban J connectivity index is 1.49. The molecular formula is C41H49F5N6O10. The molecule has 62 heavy (non-hydrogen) atoms. The van der Waals surface area contributed by atoms with Crippen LogP contribution in [0.25, 0.3) is 0 Å². The van der Waals surface area contributed by atoms with Gasteiger partial charge in [0.25, 0.3) is 0 Å². The van der Waals surface area contributed by atoms with E-state index in [1.807, 2.05) is 0 Å². The summed E-state index contributed by atoms with van der Waals surface area (Å²) in [4.78, 5) is 101. The van der Waals surface area contributed by atoms with E-state index >= 15 is 0 Å². The number of carbonyl (C=O) groups is 7. The smallest absolute Gasteiger partial charge is 0.458 e. The molecule has 0 bridgehead atoms. The third-order valence-electron chi connectivity index (χ3n) is 11.0. The molecule has 16 nitrogen and oxygen atoms in total. The van der Waals surface area contributed by atoms with Gasteiger partial charge in [-0.05, 0) is 81.3 Å². The quantitative estimate of drug-likeness (QED) is 0.211. The van der Waals surface area contributed by atoms with Crippen LogP contribution in [0.4, 0.5) is 22.0 Å². The summed E-state index contributed by atoms with van der Waals surface area (Å²) in [5, 5.41) is 18.2. The maximum atomic E-state index is 14.6. The molecule has 0 spiro atoms. The predicted molar refractivity (Wildman–Crippen MR) is 206 cm³/mol. The fourth-order valence-corrected chi connectivity index (χ4v) is 8.06. The highest BCUT2D eigenvalue weighted by Crippen LogP contribution is 2.28. The summed E-state index contributed by atoms with van der Waals surface area (Å²) in [5.74, 6) is -8.91. The number of aliphatic hydroxyl groups excluding tert-OH is 1. The van der Waals surface area contributed by atoms with E-state index in [0.717, 1.165) is 34.1 Å². The minimum Gasteiger partial charge on any atom is -0.458 e. The van der Waals surface area contributed by atoms with Crippen molar-refractivity contribution in [2.75, 3.05) is 20.1 Å². The van der Waals surface area contributed by atoms with Gasteiger partial charge in [0.2, 0.25) is 35.4 Å². The number of benzene rings is 2. The van der Waals surface area contributed by atoms with Crippen molar-refractivity contribution in [2.24, 2.45) is 5.92 Å². The van der Waals surface area contributed by atoms with Gasteiger partial charge in [0.1, 0.15) is 59.7 Å². The average Bonchev–Trinajstić information content (AvgIpc) is 3.82. The van der Waals surface area contributed by atoms with Crippen LogP contribution in [-0.4, -0.2) is 136 Å². The van der Waals surface area contributed by atoms with Crippen molar-refractivity contribution in [1.82, 2.24) is 30.7 Å². The van der Waals surface area contributed by atoms with Gasteiger partial charge in [-0.25, -0.2) is 13.6 Å². The van der Waals surface area contributed by atoms with Gasteiger partial charge >= 0.3 is 12.3 Å². The molecule has 0 aliphatic carbocycles. The van der Waals surface area contributed by atoms with E-state index in [0.29, 0.717) is 6.07 Å². The molecule has 4 N–H and O–H groups in total. The molecule has 3 heterocycles.